The summed E-state index contributed by atoms with van der Waals surface area (Å²) in [6, 6.07) is 19.7. The van der Waals surface area contributed by atoms with Crippen LogP contribution < -0.4 is 5.32 Å². The number of benzene rings is 2. The number of fused-ring (bicyclic) bond motifs is 1. The molecule has 3 aromatic rings. The minimum absolute atomic E-state index is 0.671. The molecule has 0 aliphatic heterocycles. The van der Waals surface area contributed by atoms with Gasteiger partial charge in [0, 0.05) is 23.8 Å². The summed E-state index contributed by atoms with van der Waals surface area (Å²) in [4.78, 5) is 4.36. The lowest BCUT2D eigenvalue weighted by atomic mass is 10.1. The van der Waals surface area contributed by atoms with E-state index >= 15 is 0 Å². The van der Waals surface area contributed by atoms with Crippen molar-refractivity contribution in [2.24, 2.45) is 0 Å². The van der Waals surface area contributed by atoms with E-state index in [1.165, 1.54) is 5.56 Å². The number of para-hydroxylation sites is 1. The molecule has 0 saturated heterocycles. The number of nitriles is 1. The second-order valence-corrected chi connectivity index (χ2v) is 4.53. The molecular formula is C17H13N3. The van der Waals surface area contributed by atoms with Crippen molar-refractivity contribution in [3.63, 3.8) is 0 Å². The molecule has 0 spiro atoms. The molecule has 2 aromatic carbocycles. The summed E-state index contributed by atoms with van der Waals surface area (Å²) in [5.41, 5.74) is 3.89. The van der Waals surface area contributed by atoms with Crippen LogP contribution >= 0.6 is 0 Å². The van der Waals surface area contributed by atoms with Crippen LogP contribution in [0.1, 0.15) is 11.1 Å². The lowest BCUT2D eigenvalue weighted by molar-refractivity contribution is 1.16. The fraction of sp³-hybridized carbons (Fsp3) is 0.0588. The van der Waals surface area contributed by atoms with E-state index in [1.807, 2.05) is 54.7 Å². The van der Waals surface area contributed by atoms with Gasteiger partial charge in [0.25, 0.3) is 0 Å². The Morgan fingerprint density at radius 3 is 2.60 bits per heavy atom. The first-order chi connectivity index (χ1) is 9.86. The third-order valence-corrected chi connectivity index (χ3v) is 3.24. The molecule has 1 N–H and O–H groups in total. The summed E-state index contributed by atoms with van der Waals surface area (Å²) < 4.78 is 0. The summed E-state index contributed by atoms with van der Waals surface area (Å²) >= 11 is 0. The van der Waals surface area contributed by atoms with Crippen molar-refractivity contribution in [2.75, 3.05) is 5.32 Å². The quantitative estimate of drug-likeness (QED) is 0.779. The van der Waals surface area contributed by atoms with E-state index < -0.39 is 0 Å². The summed E-state index contributed by atoms with van der Waals surface area (Å²) in [5, 5.41) is 13.3. The van der Waals surface area contributed by atoms with Gasteiger partial charge in [0.1, 0.15) is 0 Å². The molecule has 0 aliphatic rings. The standard InChI is InChI=1S/C17H13N3/c18-11-13-5-7-15(8-6-13)20-12-14-9-10-19-17-4-2-1-3-16(14)17/h1-10,20H,12H2. The average Bonchev–Trinajstić information content (AvgIpc) is 2.53. The van der Waals surface area contributed by atoms with Gasteiger partial charge >= 0.3 is 0 Å². The van der Waals surface area contributed by atoms with E-state index in [-0.39, 0.29) is 0 Å². The first-order valence-corrected chi connectivity index (χ1v) is 6.43. The maximum Gasteiger partial charge on any atom is 0.0991 e. The molecule has 1 heterocycles. The highest BCUT2D eigenvalue weighted by molar-refractivity contribution is 5.82. The van der Waals surface area contributed by atoms with Crippen LogP contribution in [-0.4, -0.2) is 4.98 Å². The second kappa shape index (κ2) is 5.41. The highest BCUT2D eigenvalue weighted by Gasteiger charge is 2.01. The van der Waals surface area contributed by atoms with Crippen LogP contribution in [0.25, 0.3) is 10.9 Å². The highest BCUT2D eigenvalue weighted by atomic mass is 14.9. The Bertz CT molecular complexity index is 765. The maximum absolute atomic E-state index is 8.78. The van der Waals surface area contributed by atoms with Crippen LogP contribution in [0.5, 0.6) is 0 Å². The zero-order valence-electron chi connectivity index (χ0n) is 10.9. The van der Waals surface area contributed by atoms with E-state index in [1.54, 1.807) is 0 Å². The van der Waals surface area contributed by atoms with E-state index in [9.17, 15) is 0 Å². The number of anilines is 1. The van der Waals surface area contributed by atoms with Crippen LogP contribution in [0.4, 0.5) is 5.69 Å². The summed E-state index contributed by atoms with van der Waals surface area (Å²) in [5.74, 6) is 0. The van der Waals surface area contributed by atoms with E-state index in [0.29, 0.717) is 5.56 Å². The van der Waals surface area contributed by atoms with Crippen molar-refractivity contribution in [1.29, 1.82) is 5.26 Å². The van der Waals surface area contributed by atoms with E-state index in [2.05, 4.69) is 22.4 Å². The highest BCUT2D eigenvalue weighted by Crippen LogP contribution is 2.18. The van der Waals surface area contributed by atoms with Crippen molar-refractivity contribution in [3.8, 4) is 6.07 Å². The predicted octanol–water partition coefficient (Wildman–Crippen LogP) is 3.72. The normalized spacial score (nSPS) is 10.2. The molecule has 20 heavy (non-hydrogen) atoms. The molecule has 0 amide bonds. The van der Waals surface area contributed by atoms with Crippen molar-refractivity contribution >= 4 is 16.6 Å². The Balaban J connectivity index is 1.81. The monoisotopic (exact) mass is 259 g/mol. The minimum atomic E-state index is 0.671. The molecule has 0 radical (unpaired) electrons. The number of hydrogen-bond donors (Lipinski definition) is 1. The van der Waals surface area contributed by atoms with Crippen LogP contribution in [0.3, 0.4) is 0 Å². The fourth-order valence-electron chi connectivity index (χ4n) is 2.17. The van der Waals surface area contributed by atoms with Crippen molar-refractivity contribution < 1.29 is 0 Å². The van der Waals surface area contributed by atoms with Gasteiger partial charge in [-0.15, -0.1) is 0 Å². The maximum atomic E-state index is 8.78. The van der Waals surface area contributed by atoms with Crippen LogP contribution in [0, 0.1) is 11.3 Å². The van der Waals surface area contributed by atoms with Crippen LogP contribution in [-0.2, 0) is 6.54 Å². The van der Waals surface area contributed by atoms with Crippen molar-refractivity contribution in [1.82, 2.24) is 4.98 Å². The molecule has 1 aromatic heterocycles. The van der Waals surface area contributed by atoms with Gasteiger partial charge in [0.15, 0.2) is 0 Å². The summed E-state index contributed by atoms with van der Waals surface area (Å²) in [6.07, 6.45) is 1.83. The number of nitrogens with one attached hydrogen (secondary N) is 1. The minimum Gasteiger partial charge on any atom is -0.381 e. The Labute approximate surface area is 117 Å². The fourth-order valence-corrected chi connectivity index (χ4v) is 2.17. The largest absolute Gasteiger partial charge is 0.381 e. The Morgan fingerprint density at radius 1 is 1.00 bits per heavy atom. The number of rotatable bonds is 3. The first-order valence-electron chi connectivity index (χ1n) is 6.43. The van der Waals surface area contributed by atoms with Crippen molar-refractivity contribution in [2.45, 2.75) is 6.54 Å². The lowest BCUT2D eigenvalue weighted by Crippen LogP contribution is -2.00. The predicted molar refractivity (Wildman–Crippen MR) is 80.2 cm³/mol. The topological polar surface area (TPSA) is 48.7 Å². The molecule has 3 nitrogen and oxygen atoms in total. The van der Waals surface area contributed by atoms with Gasteiger partial charge in [-0.25, -0.2) is 0 Å². The molecule has 0 unspecified atom stereocenters. The van der Waals surface area contributed by atoms with Gasteiger partial charge < -0.3 is 5.32 Å². The molecule has 96 valence electrons. The van der Waals surface area contributed by atoms with Crippen LogP contribution in [0.2, 0.25) is 0 Å². The third-order valence-electron chi connectivity index (χ3n) is 3.24. The number of aromatic nitrogens is 1. The molecule has 0 aliphatic carbocycles. The smallest absolute Gasteiger partial charge is 0.0991 e. The number of nitrogens with zero attached hydrogens (tertiary/aromatic N) is 2. The van der Waals surface area contributed by atoms with Crippen molar-refractivity contribution in [3.05, 3.63) is 71.9 Å². The molecule has 0 fully saturated rings. The van der Waals surface area contributed by atoms with Gasteiger partial charge in [-0.3, -0.25) is 4.98 Å². The first kappa shape index (κ1) is 12.2. The molecule has 0 saturated carbocycles. The second-order valence-electron chi connectivity index (χ2n) is 4.53. The average molecular weight is 259 g/mol. The summed E-state index contributed by atoms with van der Waals surface area (Å²) in [6.45, 7) is 0.731. The van der Waals surface area contributed by atoms with Gasteiger partial charge in [-0.05, 0) is 42.0 Å². The van der Waals surface area contributed by atoms with Gasteiger partial charge in [-0.1, -0.05) is 18.2 Å². The summed E-state index contributed by atoms with van der Waals surface area (Å²) in [7, 11) is 0. The molecular weight excluding hydrogens is 246 g/mol. The van der Waals surface area contributed by atoms with Gasteiger partial charge in [0.05, 0.1) is 17.1 Å². The van der Waals surface area contributed by atoms with Gasteiger partial charge in [-0.2, -0.15) is 5.26 Å². The Hall–Kier alpha value is -2.86. The van der Waals surface area contributed by atoms with Gasteiger partial charge in [0.2, 0.25) is 0 Å². The molecule has 3 heteroatoms. The number of pyridine rings is 1. The van der Waals surface area contributed by atoms with Crippen LogP contribution in [0.15, 0.2) is 60.8 Å². The molecule has 0 atom stereocenters. The Kier molecular flexibility index (Phi) is 3.30. The SMILES string of the molecule is N#Cc1ccc(NCc2ccnc3ccccc23)cc1. The lowest BCUT2D eigenvalue weighted by Gasteiger charge is -2.09. The number of hydrogen-bond acceptors (Lipinski definition) is 3. The van der Waals surface area contributed by atoms with E-state index in [4.69, 9.17) is 5.26 Å². The van der Waals surface area contributed by atoms with E-state index in [0.717, 1.165) is 23.1 Å². The third kappa shape index (κ3) is 2.45. The zero-order valence-corrected chi connectivity index (χ0v) is 10.9. The molecule has 3 rings (SSSR count). The molecule has 0 bridgehead atoms. The Morgan fingerprint density at radius 2 is 1.80 bits per heavy atom. The zero-order chi connectivity index (χ0) is 13.8.